The van der Waals surface area contributed by atoms with E-state index in [1.807, 2.05) is 92.4 Å². The third kappa shape index (κ3) is 5.37. The van der Waals surface area contributed by atoms with Crippen LogP contribution in [0.1, 0.15) is 23.9 Å². The molecule has 2 aromatic carbocycles. The van der Waals surface area contributed by atoms with Gasteiger partial charge in [0, 0.05) is 6.61 Å². The second-order valence-corrected chi connectivity index (χ2v) is 5.35. The van der Waals surface area contributed by atoms with Gasteiger partial charge in [-0.3, -0.25) is 0 Å². The highest BCUT2D eigenvalue weighted by Crippen LogP contribution is 2.01. The van der Waals surface area contributed by atoms with Crippen LogP contribution in [0.25, 0.3) is 0 Å². The minimum Gasteiger partial charge on any atom is -1.00 e. The molecular formula is C20H21ClN4O. The fraction of sp³-hybridized carbons (Fsp3) is 0.150. The first-order valence-corrected chi connectivity index (χ1v) is 8.25. The van der Waals surface area contributed by atoms with Crippen LogP contribution in [-0.4, -0.2) is 23.7 Å². The van der Waals surface area contributed by atoms with Gasteiger partial charge in [-0.25, -0.2) is 0 Å². The number of aromatic nitrogens is 2. The number of benzene rings is 2. The predicted octanol–water partition coefficient (Wildman–Crippen LogP) is 0.0805. The smallest absolute Gasteiger partial charge is 0.333 e. The van der Waals surface area contributed by atoms with E-state index in [1.54, 1.807) is 9.35 Å². The lowest BCUT2D eigenvalue weighted by atomic mass is 10.2. The lowest BCUT2D eigenvalue weighted by molar-refractivity contribution is -0.687. The molecule has 134 valence electrons. The normalized spacial score (nSPS) is 11.1. The van der Waals surface area contributed by atoms with Crippen LogP contribution in [-0.2, 0) is 11.3 Å². The fourth-order valence-corrected chi connectivity index (χ4v) is 2.28. The molecule has 0 bridgehead atoms. The Morgan fingerprint density at radius 2 is 1.58 bits per heavy atom. The molecule has 3 rings (SSSR count). The van der Waals surface area contributed by atoms with Crippen LogP contribution in [0, 0.1) is 0 Å². The van der Waals surface area contributed by atoms with Gasteiger partial charge in [0.1, 0.15) is 0 Å². The molecule has 0 aliphatic heterocycles. The lowest BCUT2D eigenvalue weighted by Crippen LogP contribution is -3.00. The predicted molar refractivity (Wildman–Crippen MR) is 98.8 cm³/mol. The highest BCUT2D eigenvalue weighted by molar-refractivity contribution is 5.79. The van der Waals surface area contributed by atoms with Crippen molar-refractivity contribution < 1.29 is 21.8 Å². The minimum atomic E-state index is 0. The zero-order valence-electron chi connectivity index (χ0n) is 14.6. The van der Waals surface area contributed by atoms with E-state index < -0.39 is 0 Å². The maximum Gasteiger partial charge on any atom is 0.333 e. The van der Waals surface area contributed by atoms with Crippen LogP contribution in [0.5, 0.6) is 0 Å². The summed E-state index contributed by atoms with van der Waals surface area (Å²) in [6, 6.07) is 20.0. The monoisotopic (exact) mass is 368 g/mol. The SMILES string of the molecule is CCOCc1n(N=Cc2ccccc2)cc[n+]1N=Cc1ccccc1.[Cl-]. The molecule has 0 aliphatic rings. The van der Waals surface area contributed by atoms with Crippen LogP contribution in [0.2, 0.25) is 0 Å². The first-order valence-electron chi connectivity index (χ1n) is 8.25. The number of nitrogens with zero attached hydrogens (tertiary/aromatic N) is 4. The van der Waals surface area contributed by atoms with Crippen LogP contribution in [0.3, 0.4) is 0 Å². The van der Waals surface area contributed by atoms with E-state index in [1.165, 1.54) is 0 Å². The Balaban J connectivity index is 0.00000243. The first kappa shape index (κ1) is 19.6. The van der Waals surface area contributed by atoms with Crippen molar-refractivity contribution >= 4 is 12.4 Å². The van der Waals surface area contributed by atoms with Crippen LogP contribution >= 0.6 is 0 Å². The Labute approximate surface area is 159 Å². The lowest BCUT2D eigenvalue weighted by Gasteiger charge is -1.98. The van der Waals surface area contributed by atoms with Gasteiger partial charge >= 0.3 is 5.82 Å². The molecular weight excluding hydrogens is 348 g/mol. The third-order valence-electron chi connectivity index (χ3n) is 3.57. The van der Waals surface area contributed by atoms with Gasteiger partial charge in [0.15, 0.2) is 19.0 Å². The number of hydrogen-bond donors (Lipinski definition) is 0. The Hall–Kier alpha value is -2.76. The Morgan fingerprint density at radius 1 is 0.962 bits per heavy atom. The molecule has 0 spiro atoms. The Morgan fingerprint density at radius 3 is 2.19 bits per heavy atom. The van der Waals surface area contributed by atoms with E-state index in [0.29, 0.717) is 13.2 Å². The van der Waals surface area contributed by atoms with Crippen molar-refractivity contribution in [1.29, 1.82) is 0 Å². The molecule has 0 amide bonds. The number of ether oxygens (including phenoxy) is 1. The topological polar surface area (TPSA) is 42.8 Å². The van der Waals surface area contributed by atoms with Crippen molar-refractivity contribution in [2.75, 3.05) is 6.61 Å². The summed E-state index contributed by atoms with van der Waals surface area (Å²) >= 11 is 0. The number of hydrogen-bond acceptors (Lipinski definition) is 3. The Bertz CT molecular complexity index is 778. The Kier molecular flexibility index (Phi) is 7.74. The molecule has 1 heterocycles. The van der Waals surface area contributed by atoms with Gasteiger partial charge in [-0.2, -0.15) is 0 Å². The van der Waals surface area contributed by atoms with Gasteiger partial charge < -0.3 is 17.1 Å². The van der Waals surface area contributed by atoms with E-state index in [-0.39, 0.29) is 12.4 Å². The van der Waals surface area contributed by atoms with Gasteiger partial charge in [0.05, 0.1) is 12.4 Å². The molecule has 0 fully saturated rings. The van der Waals surface area contributed by atoms with Crippen molar-refractivity contribution in [3.05, 3.63) is 90.0 Å². The summed E-state index contributed by atoms with van der Waals surface area (Å²) in [5, 5.41) is 9.04. The molecule has 6 heteroatoms. The summed E-state index contributed by atoms with van der Waals surface area (Å²) in [6.45, 7) is 3.04. The van der Waals surface area contributed by atoms with E-state index in [4.69, 9.17) is 4.74 Å². The molecule has 0 N–H and O–H groups in total. The third-order valence-corrected chi connectivity index (χ3v) is 3.57. The number of rotatable bonds is 7. The zero-order valence-corrected chi connectivity index (χ0v) is 15.3. The zero-order chi connectivity index (χ0) is 17.3. The minimum absolute atomic E-state index is 0. The van der Waals surface area contributed by atoms with E-state index in [2.05, 4.69) is 10.2 Å². The highest BCUT2D eigenvalue weighted by Gasteiger charge is 2.17. The van der Waals surface area contributed by atoms with Crippen molar-refractivity contribution in [2.24, 2.45) is 10.2 Å². The molecule has 0 aliphatic carbocycles. The van der Waals surface area contributed by atoms with E-state index in [9.17, 15) is 0 Å². The van der Waals surface area contributed by atoms with Crippen molar-refractivity contribution in [3.8, 4) is 0 Å². The van der Waals surface area contributed by atoms with Gasteiger partial charge in [-0.05, 0) is 18.1 Å². The van der Waals surface area contributed by atoms with Crippen LogP contribution in [0.15, 0.2) is 83.3 Å². The van der Waals surface area contributed by atoms with Crippen LogP contribution in [0.4, 0.5) is 0 Å². The molecule has 0 saturated carbocycles. The highest BCUT2D eigenvalue weighted by atomic mass is 35.5. The first-order chi connectivity index (χ1) is 12.4. The average Bonchev–Trinajstić information content (AvgIpc) is 3.06. The molecule has 1 aromatic heterocycles. The van der Waals surface area contributed by atoms with Crippen LogP contribution < -0.4 is 17.1 Å². The molecule has 5 nitrogen and oxygen atoms in total. The largest absolute Gasteiger partial charge is 1.00 e. The molecule has 0 radical (unpaired) electrons. The van der Waals surface area contributed by atoms with Crippen molar-refractivity contribution in [1.82, 2.24) is 4.68 Å². The van der Waals surface area contributed by atoms with Gasteiger partial charge in [0.25, 0.3) is 0 Å². The summed E-state index contributed by atoms with van der Waals surface area (Å²) in [7, 11) is 0. The summed E-state index contributed by atoms with van der Waals surface area (Å²) in [6.07, 6.45) is 7.38. The average molecular weight is 369 g/mol. The van der Waals surface area contributed by atoms with Gasteiger partial charge in [0.2, 0.25) is 0 Å². The van der Waals surface area contributed by atoms with Crippen molar-refractivity contribution in [2.45, 2.75) is 13.5 Å². The quantitative estimate of drug-likeness (QED) is 0.430. The second-order valence-electron chi connectivity index (χ2n) is 5.35. The maximum absolute atomic E-state index is 5.57. The molecule has 0 unspecified atom stereocenters. The van der Waals surface area contributed by atoms with Gasteiger partial charge in [-0.15, -0.1) is 9.35 Å². The van der Waals surface area contributed by atoms with Crippen molar-refractivity contribution in [3.63, 3.8) is 0 Å². The second kappa shape index (κ2) is 10.3. The maximum atomic E-state index is 5.57. The standard InChI is InChI=1S/C20H21N4O.ClH/c1-2-25-17-20-23(21-15-18-9-5-3-6-10-18)13-14-24(20)22-16-19-11-7-4-8-12-19;/h3-16H,2,17H2,1H3;1H/q+1;/p-1. The molecule has 0 saturated heterocycles. The molecule has 0 atom stereocenters. The summed E-state index contributed by atoms with van der Waals surface area (Å²) < 4.78 is 9.14. The summed E-state index contributed by atoms with van der Waals surface area (Å²) in [4.78, 5) is 0. The van der Waals surface area contributed by atoms with E-state index >= 15 is 0 Å². The number of halogens is 1. The van der Waals surface area contributed by atoms with E-state index in [0.717, 1.165) is 17.0 Å². The fourth-order valence-electron chi connectivity index (χ4n) is 2.28. The summed E-state index contributed by atoms with van der Waals surface area (Å²) in [5.74, 6) is 0.848. The van der Waals surface area contributed by atoms with Gasteiger partial charge in [-0.1, -0.05) is 70.9 Å². The number of imidazole rings is 1. The molecule has 26 heavy (non-hydrogen) atoms. The summed E-state index contributed by atoms with van der Waals surface area (Å²) in [5.41, 5.74) is 2.08. The molecule has 3 aromatic rings.